The minimum atomic E-state index is 0.484. The molecular weight excluding hydrogens is 246 g/mol. The van der Waals surface area contributed by atoms with Crippen LogP contribution in [-0.4, -0.2) is 19.7 Å². The van der Waals surface area contributed by atoms with Crippen LogP contribution in [0.15, 0.2) is 24.3 Å². The van der Waals surface area contributed by atoms with Gasteiger partial charge in [0.15, 0.2) is 0 Å². The molecule has 0 aromatic heterocycles. The zero-order valence-corrected chi connectivity index (χ0v) is 13.0. The van der Waals surface area contributed by atoms with Crippen LogP contribution in [0.4, 0.5) is 0 Å². The van der Waals surface area contributed by atoms with Gasteiger partial charge in [0, 0.05) is 0 Å². The molecule has 2 atom stereocenters. The van der Waals surface area contributed by atoms with Crippen molar-refractivity contribution in [3.8, 4) is 0 Å². The quantitative estimate of drug-likeness (QED) is 0.814. The van der Waals surface area contributed by atoms with Crippen LogP contribution < -0.4 is 5.32 Å². The minimum Gasteiger partial charge on any atom is -0.374 e. The molecule has 1 aliphatic carbocycles. The van der Waals surface area contributed by atoms with Gasteiger partial charge in [-0.1, -0.05) is 50.5 Å². The molecule has 1 aliphatic rings. The third-order valence-electron chi connectivity index (χ3n) is 4.48. The second-order valence-electron chi connectivity index (χ2n) is 6.04. The molecule has 1 saturated carbocycles. The van der Waals surface area contributed by atoms with Crippen molar-refractivity contribution in [2.24, 2.45) is 5.92 Å². The van der Waals surface area contributed by atoms with Gasteiger partial charge < -0.3 is 10.1 Å². The second kappa shape index (κ2) is 8.43. The Labute approximate surface area is 123 Å². The maximum Gasteiger partial charge on any atom is 0.0720 e. The Bertz CT molecular complexity index is 374. The molecule has 20 heavy (non-hydrogen) atoms. The van der Waals surface area contributed by atoms with Crippen molar-refractivity contribution < 1.29 is 4.74 Å². The van der Waals surface area contributed by atoms with Gasteiger partial charge in [0.1, 0.15) is 0 Å². The molecule has 0 spiro atoms. The van der Waals surface area contributed by atoms with Crippen LogP contribution >= 0.6 is 0 Å². The predicted molar refractivity (Wildman–Crippen MR) is 84.9 cm³/mol. The van der Waals surface area contributed by atoms with Gasteiger partial charge in [0.25, 0.3) is 0 Å². The normalized spacial score (nSPS) is 22.9. The summed E-state index contributed by atoms with van der Waals surface area (Å²) in [6, 6.07) is 8.88. The van der Waals surface area contributed by atoms with E-state index < -0.39 is 0 Å². The summed E-state index contributed by atoms with van der Waals surface area (Å²) in [4.78, 5) is 0. The number of rotatable bonds is 7. The first-order valence-corrected chi connectivity index (χ1v) is 8.15. The highest BCUT2D eigenvalue weighted by molar-refractivity contribution is 5.22. The van der Waals surface area contributed by atoms with Gasteiger partial charge in [-0.05, 0) is 49.9 Å². The van der Waals surface area contributed by atoms with E-state index >= 15 is 0 Å². The summed E-state index contributed by atoms with van der Waals surface area (Å²) in [6.07, 6.45) is 8.13. The summed E-state index contributed by atoms with van der Waals surface area (Å²) in [5, 5.41) is 3.18. The summed E-state index contributed by atoms with van der Waals surface area (Å²) in [5.41, 5.74) is 2.70. The van der Waals surface area contributed by atoms with Gasteiger partial charge in [0.05, 0.1) is 12.7 Å². The molecule has 0 heterocycles. The van der Waals surface area contributed by atoms with E-state index in [1.807, 2.05) is 7.05 Å². The molecular formula is C18H29NO. The molecule has 1 aromatic rings. The number of ether oxygens (including phenoxy) is 1. The Morgan fingerprint density at radius 1 is 1.15 bits per heavy atom. The van der Waals surface area contributed by atoms with Crippen LogP contribution in [0, 0.1) is 5.92 Å². The first kappa shape index (κ1) is 15.5. The highest BCUT2D eigenvalue weighted by Crippen LogP contribution is 2.28. The first-order chi connectivity index (χ1) is 9.81. The zero-order chi connectivity index (χ0) is 14.2. The molecule has 2 heteroatoms. The van der Waals surface area contributed by atoms with Crippen LogP contribution in [0.5, 0.6) is 0 Å². The third-order valence-corrected chi connectivity index (χ3v) is 4.48. The molecule has 0 saturated heterocycles. The standard InChI is InChI=1S/C18H29NO/c1-3-15-5-4-6-18(13-15)20-14-17-9-7-16(8-10-17)11-12-19-2/h7-10,15,18-19H,3-6,11-14H2,1-2H3. The smallest absolute Gasteiger partial charge is 0.0720 e. The van der Waals surface area contributed by atoms with Crippen molar-refractivity contribution in [3.63, 3.8) is 0 Å². The van der Waals surface area contributed by atoms with E-state index in [1.54, 1.807) is 0 Å². The van der Waals surface area contributed by atoms with Crippen LogP contribution in [0.3, 0.4) is 0 Å². The van der Waals surface area contributed by atoms with Crippen molar-refractivity contribution in [1.29, 1.82) is 0 Å². The highest BCUT2D eigenvalue weighted by atomic mass is 16.5. The van der Waals surface area contributed by atoms with Gasteiger partial charge in [-0.3, -0.25) is 0 Å². The van der Waals surface area contributed by atoms with Crippen molar-refractivity contribution in [3.05, 3.63) is 35.4 Å². The summed E-state index contributed by atoms with van der Waals surface area (Å²) < 4.78 is 6.11. The second-order valence-corrected chi connectivity index (χ2v) is 6.04. The molecule has 2 nitrogen and oxygen atoms in total. The predicted octanol–water partition coefficient (Wildman–Crippen LogP) is 3.93. The van der Waals surface area contributed by atoms with Gasteiger partial charge in [-0.2, -0.15) is 0 Å². The maximum atomic E-state index is 6.11. The Kier molecular flexibility index (Phi) is 6.55. The van der Waals surface area contributed by atoms with E-state index in [0.717, 1.165) is 25.5 Å². The van der Waals surface area contributed by atoms with Gasteiger partial charge >= 0.3 is 0 Å². The van der Waals surface area contributed by atoms with Crippen molar-refractivity contribution in [2.75, 3.05) is 13.6 Å². The molecule has 0 radical (unpaired) electrons. The van der Waals surface area contributed by atoms with Crippen LogP contribution in [0.25, 0.3) is 0 Å². The van der Waals surface area contributed by atoms with E-state index in [4.69, 9.17) is 4.74 Å². The Hall–Kier alpha value is -0.860. The molecule has 1 fully saturated rings. The molecule has 0 amide bonds. The minimum absolute atomic E-state index is 0.484. The van der Waals surface area contributed by atoms with Crippen LogP contribution in [0.1, 0.15) is 50.2 Å². The SMILES string of the molecule is CCC1CCCC(OCc2ccc(CCNC)cc2)C1. The summed E-state index contributed by atoms with van der Waals surface area (Å²) in [5.74, 6) is 0.887. The average Bonchev–Trinajstić information content (AvgIpc) is 2.52. The number of nitrogens with one attached hydrogen (secondary N) is 1. The van der Waals surface area contributed by atoms with Gasteiger partial charge in [-0.15, -0.1) is 0 Å². The van der Waals surface area contributed by atoms with E-state index in [1.165, 1.54) is 43.2 Å². The first-order valence-electron chi connectivity index (χ1n) is 8.15. The molecule has 1 N–H and O–H groups in total. The summed E-state index contributed by atoms with van der Waals surface area (Å²) >= 11 is 0. The molecule has 112 valence electrons. The lowest BCUT2D eigenvalue weighted by Gasteiger charge is -2.28. The molecule has 2 unspecified atom stereocenters. The van der Waals surface area contributed by atoms with Gasteiger partial charge in [0.2, 0.25) is 0 Å². The van der Waals surface area contributed by atoms with E-state index in [2.05, 4.69) is 36.5 Å². The van der Waals surface area contributed by atoms with E-state index in [0.29, 0.717) is 6.10 Å². The number of benzene rings is 1. The fourth-order valence-electron chi connectivity index (χ4n) is 3.05. The lowest BCUT2D eigenvalue weighted by molar-refractivity contribution is 0.00177. The monoisotopic (exact) mass is 275 g/mol. The zero-order valence-electron chi connectivity index (χ0n) is 13.0. The number of likely N-dealkylation sites (N-methyl/N-ethyl adjacent to an activating group) is 1. The fraction of sp³-hybridized carbons (Fsp3) is 0.667. The molecule has 0 aliphatic heterocycles. The fourth-order valence-corrected chi connectivity index (χ4v) is 3.05. The Morgan fingerprint density at radius 2 is 1.90 bits per heavy atom. The lowest BCUT2D eigenvalue weighted by atomic mass is 9.85. The van der Waals surface area contributed by atoms with E-state index in [-0.39, 0.29) is 0 Å². The summed E-state index contributed by atoms with van der Waals surface area (Å²) in [6.45, 7) is 4.11. The van der Waals surface area contributed by atoms with Crippen molar-refractivity contribution in [1.82, 2.24) is 5.32 Å². The molecule has 1 aromatic carbocycles. The van der Waals surface area contributed by atoms with Crippen LogP contribution in [0.2, 0.25) is 0 Å². The highest BCUT2D eigenvalue weighted by Gasteiger charge is 2.20. The van der Waals surface area contributed by atoms with E-state index in [9.17, 15) is 0 Å². The lowest BCUT2D eigenvalue weighted by Crippen LogP contribution is -2.22. The maximum absolute atomic E-state index is 6.11. The van der Waals surface area contributed by atoms with Gasteiger partial charge in [-0.25, -0.2) is 0 Å². The molecule has 2 rings (SSSR count). The summed E-state index contributed by atoms with van der Waals surface area (Å²) in [7, 11) is 2.00. The average molecular weight is 275 g/mol. The molecule has 0 bridgehead atoms. The number of hydrogen-bond acceptors (Lipinski definition) is 2. The van der Waals surface area contributed by atoms with Crippen molar-refractivity contribution >= 4 is 0 Å². The van der Waals surface area contributed by atoms with Crippen LogP contribution in [-0.2, 0) is 17.8 Å². The van der Waals surface area contributed by atoms with Crippen molar-refractivity contribution in [2.45, 2.75) is 58.2 Å². The largest absolute Gasteiger partial charge is 0.374 e. The third kappa shape index (κ3) is 4.92. The Balaban J connectivity index is 1.75. The number of hydrogen-bond donors (Lipinski definition) is 1. The Morgan fingerprint density at radius 3 is 2.60 bits per heavy atom. The topological polar surface area (TPSA) is 21.3 Å².